The molecule has 0 atom stereocenters. The number of benzene rings is 1. The number of piperidine rings is 1. The van der Waals surface area contributed by atoms with Crippen molar-refractivity contribution in [1.29, 1.82) is 0 Å². The molecule has 1 N–H and O–H groups in total. The Balaban J connectivity index is 1.15. The largest absolute Gasteiger partial charge is 0.465 e. The second kappa shape index (κ2) is 15.1. The molecule has 2 aromatic heterocycles. The molecule has 5 rings (SSSR count). The van der Waals surface area contributed by atoms with Gasteiger partial charge in [-0.05, 0) is 95.1 Å². The van der Waals surface area contributed by atoms with Crippen LogP contribution in [0.15, 0.2) is 49.1 Å². The molecule has 2 fully saturated rings. The molecule has 2 aliphatic rings. The summed E-state index contributed by atoms with van der Waals surface area (Å²) in [6.07, 6.45) is 13.0. The van der Waals surface area contributed by atoms with E-state index < -0.39 is 5.41 Å². The van der Waals surface area contributed by atoms with Gasteiger partial charge in [0.2, 0.25) is 0 Å². The standard InChI is InChI=1S/C36H55N7O2/c1-6-45-34(44)35(4,5)31-10-8-30(9-11-31)25-42(26-32-37-15-16-38-32)27-33-39-17-23-43(33)19-7-18-41-22-14-36(28-41)12-20-40(21-13-36)24-29(2)3/h8-11,15-17,23,29H,6-7,12-14,18-22,24-28H2,1-5H3,(H,37,38). The van der Waals surface area contributed by atoms with Gasteiger partial charge in [0.05, 0.1) is 25.1 Å². The zero-order chi connectivity index (χ0) is 31.9. The Kier molecular flexibility index (Phi) is 11.2. The summed E-state index contributed by atoms with van der Waals surface area (Å²) in [6.45, 7) is 21.3. The molecule has 2 aliphatic heterocycles. The van der Waals surface area contributed by atoms with Gasteiger partial charge in [0.25, 0.3) is 0 Å². The summed E-state index contributed by atoms with van der Waals surface area (Å²) in [5.74, 6) is 2.58. The summed E-state index contributed by atoms with van der Waals surface area (Å²) < 4.78 is 7.64. The molecule has 0 radical (unpaired) electrons. The number of carbonyl (C=O) groups excluding carboxylic acids is 1. The number of aromatic nitrogens is 4. The molecule has 246 valence electrons. The Morgan fingerprint density at radius 1 is 1.00 bits per heavy atom. The Morgan fingerprint density at radius 3 is 2.40 bits per heavy atom. The van der Waals surface area contributed by atoms with E-state index in [1.807, 2.05) is 33.2 Å². The van der Waals surface area contributed by atoms with E-state index in [1.54, 1.807) is 6.20 Å². The van der Waals surface area contributed by atoms with Crippen molar-refractivity contribution in [2.24, 2.45) is 11.3 Å². The lowest BCUT2D eigenvalue weighted by Crippen LogP contribution is -2.42. The van der Waals surface area contributed by atoms with Gasteiger partial charge in [-0.25, -0.2) is 9.97 Å². The minimum atomic E-state index is -0.687. The normalized spacial score (nSPS) is 17.6. The van der Waals surface area contributed by atoms with Crippen molar-refractivity contribution in [3.8, 4) is 0 Å². The van der Waals surface area contributed by atoms with E-state index in [2.05, 4.69) is 73.5 Å². The van der Waals surface area contributed by atoms with Gasteiger partial charge in [0.1, 0.15) is 11.6 Å². The molecule has 9 nitrogen and oxygen atoms in total. The number of aromatic amines is 1. The maximum absolute atomic E-state index is 12.5. The number of aryl methyl sites for hydroxylation is 1. The van der Waals surface area contributed by atoms with Gasteiger partial charge in [0.15, 0.2) is 0 Å². The van der Waals surface area contributed by atoms with E-state index in [9.17, 15) is 4.79 Å². The number of esters is 1. The first-order chi connectivity index (χ1) is 21.7. The molecule has 45 heavy (non-hydrogen) atoms. The average molecular weight is 618 g/mol. The molecule has 0 aliphatic carbocycles. The first-order valence-corrected chi connectivity index (χ1v) is 17.1. The van der Waals surface area contributed by atoms with Gasteiger partial charge in [-0.15, -0.1) is 0 Å². The van der Waals surface area contributed by atoms with E-state index in [4.69, 9.17) is 9.72 Å². The van der Waals surface area contributed by atoms with Gasteiger partial charge in [-0.3, -0.25) is 9.69 Å². The summed E-state index contributed by atoms with van der Waals surface area (Å²) in [5.41, 5.74) is 2.00. The Bertz CT molecular complexity index is 1320. The van der Waals surface area contributed by atoms with E-state index in [1.165, 1.54) is 57.5 Å². The Labute approximate surface area is 270 Å². The predicted octanol–water partition coefficient (Wildman–Crippen LogP) is 5.48. The van der Waals surface area contributed by atoms with Crippen molar-refractivity contribution in [3.63, 3.8) is 0 Å². The molecular formula is C36H55N7O2. The van der Waals surface area contributed by atoms with Crippen LogP contribution in [0.25, 0.3) is 0 Å². The van der Waals surface area contributed by atoms with Crippen LogP contribution < -0.4 is 0 Å². The Morgan fingerprint density at radius 2 is 1.73 bits per heavy atom. The minimum absolute atomic E-state index is 0.198. The smallest absolute Gasteiger partial charge is 0.315 e. The van der Waals surface area contributed by atoms with E-state index in [-0.39, 0.29) is 5.97 Å². The summed E-state index contributed by atoms with van der Waals surface area (Å²) in [5, 5.41) is 0. The number of hydrogen-bond donors (Lipinski definition) is 1. The highest BCUT2D eigenvalue weighted by Crippen LogP contribution is 2.40. The van der Waals surface area contributed by atoms with Crippen molar-refractivity contribution in [1.82, 2.24) is 34.2 Å². The third-order valence-corrected chi connectivity index (χ3v) is 9.89. The van der Waals surface area contributed by atoms with Crippen molar-refractivity contribution in [2.75, 3.05) is 45.9 Å². The molecular weight excluding hydrogens is 562 g/mol. The average Bonchev–Trinajstić information content (AvgIpc) is 3.78. The fourth-order valence-corrected chi connectivity index (χ4v) is 7.19. The molecule has 1 spiro atoms. The van der Waals surface area contributed by atoms with Gasteiger partial charge in [-0.1, -0.05) is 38.1 Å². The van der Waals surface area contributed by atoms with Gasteiger partial charge >= 0.3 is 5.97 Å². The molecule has 9 heteroatoms. The lowest BCUT2D eigenvalue weighted by atomic mass is 9.77. The predicted molar refractivity (Wildman–Crippen MR) is 178 cm³/mol. The fourth-order valence-electron chi connectivity index (χ4n) is 7.19. The number of H-pyrrole nitrogens is 1. The lowest BCUT2D eigenvalue weighted by molar-refractivity contribution is -0.148. The SMILES string of the molecule is CCOC(=O)C(C)(C)c1ccc(CN(Cc2ncc[nH]2)Cc2nccn2CCCN2CCC3(CCN(CC(C)C)CC3)C2)cc1. The summed E-state index contributed by atoms with van der Waals surface area (Å²) in [4.78, 5) is 32.8. The van der Waals surface area contributed by atoms with Crippen molar-refractivity contribution in [3.05, 3.63) is 71.8 Å². The topological polar surface area (TPSA) is 82.5 Å². The first kappa shape index (κ1) is 33.4. The van der Waals surface area contributed by atoms with Gasteiger partial charge in [-0.2, -0.15) is 0 Å². The molecule has 0 amide bonds. The highest BCUT2D eigenvalue weighted by molar-refractivity contribution is 5.82. The molecule has 2 saturated heterocycles. The van der Waals surface area contributed by atoms with Crippen LogP contribution in [0.3, 0.4) is 0 Å². The third kappa shape index (κ3) is 8.83. The van der Waals surface area contributed by atoms with Crippen molar-refractivity contribution in [2.45, 2.75) is 91.9 Å². The fraction of sp³-hybridized carbons (Fsp3) is 0.639. The van der Waals surface area contributed by atoms with Crippen LogP contribution >= 0.6 is 0 Å². The van der Waals surface area contributed by atoms with E-state index in [0.717, 1.165) is 55.7 Å². The van der Waals surface area contributed by atoms with Crippen LogP contribution in [0.1, 0.15) is 83.1 Å². The van der Waals surface area contributed by atoms with E-state index >= 15 is 0 Å². The molecule has 0 saturated carbocycles. The second-order valence-corrected chi connectivity index (χ2v) is 14.3. The molecule has 1 aromatic carbocycles. The number of rotatable bonds is 15. The van der Waals surface area contributed by atoms with Gasteiger partial charge < -0.3 is 24.1 Å². The van der Waals surface area contributed by atoms with Crippen molar-refractivity contribution >= 4 is 5.97 Å². The maximum atomic E-state index is 12.5. The highest BCUT2D eigenvalue weighted by Gasteiger charge is 2.40. The second-order valence-electron chi connectivity index (χ2n) is 14.3. The lowest BCUT2D eigenvalue weighted by Gasteiger charge is -2.40. The van der Waals surface area contributed by atoms with Crippen LogP contribution in [0.5, 0.6) is 0 Å². The summed E-state index contributed by atoms with van der Waals surface area (Å²) >= 11 is 0. The summed E-state index contributed by atoms with van der Waals surface area (Å²) in [6, 6.07) is 8.34. The highest BCUT2D eigenvalue weighted by atomic mass is 16.5. The zero-order valence-electron chi connectivity index (χ0n) is 28.3. The monoisotopic (exact) mass is 617 g/mol. The third-order valence-electron chi connectivity index (χ3n) is 9.89. The van der Waals surface area contributed by atoms with Gasteiger partial charge in [0, 0.05) is 51.0 Å². The zero-order valence-corrected chi connectivity index (χ0v) is 28.3. The molecule has 4 heterocycles. The molecule has 3 aromatic rings. The van der Waals surface area contributed by atoms with Crippen molar-refractivity contribution < 1.29 is 9.53 Å². The number of ether oxygens (including phenoxy) is 1. The number of carbonyl (C=O) groups is 1. The molecule has 0 unspecified atom stereocenters. The molecule has 0 bridgehead atoms. The number of imidazole rings is 2. The number of nitrogens with zero attached hydrogens (tertiary/aromatic N) is 6. The maximum Gasteiger partial charge on any atom is 0.315 e. The number of hydrogen-bond acceptors (Lipinski definition) is 7. The summed E-state index contributed by atoms with van der Waals surface area (Å²) in [7, 11) is 0. The first-order valence-electron chi connectivity index (χ1n) is 17.1. The van der Waals surface area contributed by atoms with Crippen LogP contribution in [-0.2, 0) is 41.1 Å². The minimum Gasteiger partial charge on any atom is -0.465 e. The van der Waals surface area contributed by atoms with Crippen LogP contribution in [0.4, 0.5) is 0 Å². The van der Waals surface area contributed by atoms with E-state index in [0.29, 0.717) is 18.6 Å². The quantitative estimate of drug-likeness (QED) is 0.226. The van der Waals surface area contributed by atoms with Crippen LogP contribution in [0, 0.1) is 11.3 Å². The van der Waals surface area contributed by atoms with Crippen LogP contribution in [-0.4, -0.2) is 86.1 Å². The number of nitrogens with one attached hydrogen (secondary N) is 1. The number of likely N-dealkylation sites (tertiary alicyclic amines) is 2. The Hall–Kier alpha value is -3.01. The van der Waals surface area contributed by atoms with Crippen LogP contribution in [0.2, 0.25) is 0 Å².